The first-order chi connectivity index (χ1) is 12.1. The van der Waals surface area contributed by atoms with Crippen LogP contribution in [0.25, 0.3) is 0 Å². The Hall–Kier alpha value is -1.28. The van der Waals surface area contributed by atoms with E-state index in [2.05, 4.69) is 15.9 Å². The maximum atomic E-state index is 13.2. The number of rotatable bonds is 6. The van der Waals surface area contributed by atoms with E-state index >= 15 is 0 Å². The summed E-state index contributed by atoms with van der Waals surface area (Å²) in [6, 6.07) is 10.6. The van der Waals surface area contributed by atoms with Crippen molar-refractivity contribution in [2.24, 2.45) is 0 Å². The maximum Gasteiger partial charge on any atom is 0.327 e. The number of anilines is 1. The van der Waals surface area contributed by atoms with Crippen LogP contribution >= 0.6 is 39.1 Å². The number of benzene rings is 2. The highest BCUT2D eigenvalue weighted by molar-refractivity contribution is 9.10. The Balaban J connectivity index is 2.53. The van der Waals surface area contributed by atoms with Crippen LogP contribution < -0.4 is 4.31 Å². The largest absolute Gasteiger partial charge is 0.462 e. The molecule has 0 saturated carbocycles. The molecule has 0 heterocycles. The van der Waals surface area contributed by atoms with Crippen molar-refractivity contribution >= 4 is 60.8 Å². The van der Waals surface area contributed by atoms with E-state index in [1.807, 2.05) is 0 Å². The highest BCUT2D eigenvalue weighted by Gasteiger charge is 2.30. The fourth-order valence-corrected chi connectivity index (χ4v) is 4.55. The molecule has 2 aromatic rings. The van der Waals surface area contributed by atoms with Crippen LogP contribution in [0, 0.1) is 0 Å². The molecule has 0 bridgehead atoms. The normalized spacial score (nSPS) is 11.5. The van der Waals surface area contributed by atoms with Gasteiger partial charge >= 0.3 is 5.97 Å². The van der Waals surface area contributed by atoms with Crippen molar-refractivity contribution < 1.29 is 17.9 Å². The zero-order chi connectivity index (χ0) is 19.5. The lowest BCUT2D eigenvalue weighted by Crippen LogP contribution is -2.37. The molecule has 0 fully saturated rings. The van der Waals surface area contributed by atoms with E-state index in [-0.39, 0.29) is 21.0 Å². The molecule has 140 valence electrons. The zero-order valence-corrected chi connectivity index (χ0v) is 17.9. The van der Waals surface area contributed by atoms with Crippen LogP contribution in [0.4, 0.5) is 5.69 Å². The monoisotopic (exact) mass is 479 g/mol. The van der Waals surface area contributed by atoms with E-state index in [9.17, 15) is 13.2 Å². The molecular formula is C17H16BrCl2NO4S. The summed E-state index contributed by atoms with van der Waals surface area (Å²) in [5, 5.41) is 0.224. The summed E-state index contributed by atoms with van der Waals surface area (Å²) < 4.78 is 33.2. The van der Waals surface area contributed by atoms with Crippen LogP contribution in [-0.2, 0) is 19.6 Å². The molecule has 0 aromatic heterocycles. The van der Waals surface area contributed by atoms with Gasteiger partial charge in [0.1, 0.15) is 11.4 Å². The minimum absolute atomic E-state index is 0.00809. The molecule has 0 amide bonds. The fraction of sp³-hybridized carbons (Fsp3) is 0.235. The molecule has 0 aliphatic rings. The molecule has 0 unspecified atom stereocenters. The van der Waals surface area contributed by atoms with Gasteiger partial charge in [-0.2, -0.15) is 0 Å². The lowest BCUT2D eigenvalue weighted by molar-refractivity contribution is -0.145. The van der Waals surface area contributed by atoms with Gasteiger partial charge in [0, 0.05) is 9.50 Å². The Kier molecular flexibility index (Phi) is 6.96. The first-order valence-electron chi connectivity index (χ1n) is 7.54. The first-order valence-corrected chi connectivity index (χ1v) is 10.5. The third-order valence-electron chi connectivity index (χ3n) is 3.22. The van der Waals surface area contributed by atoms with Gasteiger partial charge in [-0.3, -0.25) is 9.10 Å². The molecule has 0 aliphatic heterocycles. The number of hydrogen-bond donors (Lipinski definition) is 0. The number of hydrogen-bond acceptors (Lipinski definition) is 4. The number of carbonyl (C=O) groups excluding carboxylic acids is 1. The summed E-state index contributed by atoms with van der Waals surface area (Å²) in [6.07, 6.45) is -0.369. The number of sulfonamides is 1. The van der Waals surface area contributed by atoms with Crippen molar-refractivity contribution in [3.63, 3.8) is 0 Å². The maximum absolute atomic E-state index is 13.2. The first kappa shape index (κ1) is 21.0. The van der Waals surface area contributed by atoms with Crippen molar-refractivity contribution in [2.45, 2.75) is 24.8 Å². The highest BCUT2D eigenvalue weighted by Crippen LogP contribution is 2.31. The number of halogens is 3. The smallest absolute Gasteiger partial charge is 0.327 e. The molecule has 0 atom stereocenters. The van der Waals surface area contributed by atoms with Gasteiger partial charge in [-0.05, 0) is 56.3 Å². The van der Waals surface area contributed by atoms with Crippen molar-refractivity contribution in [2.75, 3.05) is 10.8 Å². The van der Waals surface area contributed by atoms with Crippen LogP contribution in [0.15, 0.2) is 51.8 Å². The van der Waals surface area contributed by atoms with Crippen LogP contribution in [0.3, 0.4) is 0 Å². The minimum atomic E-state index is -4.15. The Morgan fingerprint density at radius 1 is 1.15 bits per heavy atom. The van der Waals surface area contributed by atoms with Gasteiger partial charge in [0.15, 0.2) is 0 Å². The summed E-state index contributed by atoms with van der Waals surface area (Å²) >= 11 is 15.3. The van der Waals surface area contributed by atoms with E-state index in [0.29, 0.717) is 5.69 Å². The Bertz CT molecular complexity index is 901. The molecule has 5 nitrogen and oxygen atoms in total. The Morgan fingerprint density at radius 2 is 1.77 bits per heavy atom. The Labute approximate surface area is 171 Å². The second-order valence-corrected chi connectivity index (χ2v) is 9.19. The van der Waals surface area contributed by atoms with Crippen molar-refractivity contribution in [1.29, 1.82) is 0 Å². The van der Waals surface area contributed by atoms with Gasteiger partial charge in [0.2, 0.25) is 0 Å². The van der Waals surface area contributed by atoms with Crippen LogP contribution in [0.1, 0.15) is 13.8 Å². The molecule has 26 heavy (non-hydrogen) atoms. The lowest BCUT2D eigenvalue weighted by Gasteiger charge is -2.24. The Morgan fingerprint density at radius 3 is 2.35 bits per heavy atom. The fourth-order valence-electron chi connectivity index (χ4n) is 2.13. The molecule has 0 N–H and O–H groups in total. The number of carbonyl (C=O) groups is 1. The third kappa shape index (κ3) is 5.13. The molecule has 2 rings (SSSR count). The van der Waals surface area contributed by atoms with Gasteiger partial charge in [-0.25, -0.2) is 8.42 Å². The number of nitrogens with zero attached hydrogens (tertiary/aromatic N) is 1. The quantitative estimate of drug-likeness (QED) is 0.551. The van der Waals surface area contributed by atoms with Crippen LogP contribution in [0.5, 0.6) is 0 Å². The number of ether oxygens (including phenoxy) is 1. The summed E-state index contributed by atoms with van der Waals surface area (Å²) in [4.78, 5) is 11.9. The van der Waals surface area contributed by atoms with Crippen LogP contribution in [0.2, 0.25) is 10.0 Å². The SMILES string of the molecule is CC(C)OC(=O)CN(c1ccc(Br)cc1)S(=O)(=O)c1cc(Cl)ccc1Cl. The second kappa shape index (κ2) is 8.61. The van der Waals surface area contributed by atoms with E-state index in [0.717, 1.165) is 8.78 Å². The minimum Gasteiger partial charge on any atom is -0.462 e. The lowest BCUT2D eigenvalue weighted by atomic mass is 10.3. The van der Waals surface area contributed by atoms with E-state index in [4.69, 9.17) is 27.9 Å². The molecule has 0 saturated heterocycles. The molecule has 9 heteroatoms. The van der Waals surface area contributed by atoms with Gasteiger partial charge in [0.25, 0.3) is 10.0 Å². The van der Waals surface area contributed by atoms with Crippen molar-refractivity contribution in [3.8, 4) is 0 Å². The van der Waals surface area contributed by atoms with Crippen molar-refractivity contribution in [3.05, 3.63) is 57.0 Å². The number of esters is 1. The third-order valence-corrected chi connectivity index (χ3v) is 6.23. The summed E-state index contributed by atoms with van der Waals surface area (Å²) in [7, 11) is -4.15. The van der Waals surface area contributed by atoms with Crippen LogP contribution in [-0.4, -0.2) is 27.0 Å². The standard InChI is InChI=1S/C17H16BrCl2NO4S/c1-11(2)25-17(22)10-21(14-6-3-12(18)4-7-14)26(23,24)16-9-13(19)5-8-15(16)20/h3-9,11H,10H2,1-2H3. The summed E-state index contributed by atoms with van der Waals surface area (Å²) in [5.41, 5.74) is 0.296. The van der Waals surface area contributed by atoms with Gasteiger partial charge < -0.3 is 4.74 Å². The summed E-state index contributed by atoms with van der Waals surface area (Å²) in [5.74, 6) is -0.676. The highest BCUT2D eigenvalue weighted by atomic mass is 79.9. The van der Waals surface area contributed by atoms with E-state index in [1.165, 1.54) is 18.2 Å². The molecule has 0 aliphatic carbocycles. The van der Waals surface area contributed by atoms with E-state index < -0.39 is 22.5 Å². The summed E-state index contributed by atoms with van der Waals surface area (Å²) in [6.45, 7) is 2.87. The van der Waals surface area contributed by atoms with Gasteiger partial charge in [0.05, 0.1) is 16.8 Å². The van der Waals surface area contributed by atoms with Gasteiger partial charge in [-0.15, -0.1) is 0 Å². The average Bonchev–Trinajstić information content (AvgIpc) is 2.55. The molecule has 0 spiro atoms. The van der Waals surface area contributed by atoms with Crippen molar-refractivity contribution in [1.82, 2.24) is 0 Å². The predicted molar refractivity (Wildman–Crippen MR) is 106 cm³/mol. The van der Waals surface area contributed by atoms with Gasteiger partial charge in [-0.1, -0.05) is 39.1 Å². The van der Waals surface area contributed by atoms with E-state index in [1.54, 1.807) is 38.1 Å². The molecule has 2 aromatic carbocycles. The molecular weight excluding hydrogens is 465 g/mol. The topological polar surface area (TPSA) is 63.7 Å². The average molecular weight is 481 g/mol. The molecule has 0 radical (unpaired) electrons. The zero-order valence-electron chi connectivity index (χ0n) is 13.9. The predicted octanol–water partition coefficient (Wildman–Crippen LogP) is 4.90. The second-order valence-electron chi connectivity index (χ2n) is 5.60.